The second-order valence-corrected chi connectivity index (χ2v) is 12.0. The first-order valence-electron chi connectivity index (χ1n) is 12.1. The molecule has 1 aliphatic heterocycles. The van der Waals surface area contributed by atoms with Crippen molar-refractivity contribution in [2.24, 2.45) is 0 Å². The van der Waals surface area contributed by atoms with Gasteiger partial charge in [0.2, 0.25) is 0 Å². The van der Waals surface area contributed by atoms with E-state index >= 15 is 0 Å². The standard InChI is InChI=1S/C29H26N4O3S2.ClH/c1-20-10-12-24(13-11-20)38(35,36)32-23-9-5-8-22(16-23)28(34)31-29-26(17-30)25-14-15-33(19-27(25)37-29)18-21-6-3-2-4-7-21;/h2-13,16,32H,14-15,18-19H2,1H3,(H,31,34);1H. The Morgan fingerprint density at radius 1 is 1.05 bits per heavy atom. The van der Waals surface area contributed by atoms with Gasteiger partial charge < -0.3 is 5.32 Å². The summed E-state index contributed by atoms with van der Waals surface area (Å²) >= 11 is 1.43. The lowest BCUT2D eigenvalue weighted by atomic mass is 10.0. The second kappa shape index (κ2) is 12.0. The highest BCUT2D eigenvalue weighted by atomic mass is 35.5. The van der Waals surface area contributed by atoms with Crippen LogP contribution in [0.3, 0.4) is 0 Å². The highest BCUT2D eigenvalue weighted by Gasteiger charge is 2.26. The maximum absolute atomic E-state index is 13.1. The van der Waals surface area contributed by atoms with E-state index < -0.39 is 15.9 Å². The van der Waals surface area contributed by atoms with E-state index in [4.69, 9.17) is 0 Å². The van der Waals surface area contributed by atoms with E-state index in [-0.39, 0.29) is 28.6 Å². The Kier molecular flexibility index (Phi) is 8.73. The number of nitrogens with one attached hydrogen (secondary N) is 2. The third-order valence-electron chi connectivity index (χ3n) is 6.43. The van der Waals surface area contributed by atoms with Crippen LogP contribution in [0.5, 0.6) is 0 Å². The summed E-state index contributed by atoms with van der Waals surface area (Å²) in [4.78, 5) is 16.7. The number of benzene rings is 3. The molecule has 5 rings (SSSR count). The van der Waals surface area contributed by atoms with Gasteiger partial charge in [0.25, 0.3) is 15.9 Å². The molecule has 1 amide bonds. The van der Waals surface area contributed by atoms with Crippen LogP contribution in [0.25, 0.3) is 0 Å². The number of aryl methyl sites for hydroxylation is 1. The maximum Gasteiger partial charge on any atom is 0.261 e. The number of halogens is 1. The summed E-state index contributed by atoms with van der Waals surface area (Å²) in [5, 5.41) is 13.3. The maximum atomic E-state index is 13.1. The minimum absolute atomic E-state index is 0. The van der Waals surface area contributed by atoms with Crippen LogP contribution in [0.1, 0.15) is 37.5 Å². The largest absolute Gasteiger partial charge is 0.312 e. The number of hydrogen-bond donors (Lipinski definition) is 2. The predicted molar refractivity (Wildman–Crippen MR) is 157 cm³/mol. The van der Waals surface area contributed by atoms with Gasteiger partial charge in [-0.3, -0.25) is 14.4 Å². The number of sulfonamides is 1. The quantitative estimate of drug-likeness (QED) is 0.282. The summed E-state index contributed by atoms with van der Waals surface area (Å²) in [5.74, 6) is -0.405. The topological polar surface area (TPSA) is 102 Å². The molecule has 0 bridgehead atoms. The molecule has 7 nitrogen and oxygen atoms in total. The monoisotopic (exact) mass is 578 g/mol. The van der Waals surface area contributed by atoms with Gasteiger partial charge in [0.05, 0.1) is 10.5 Å². The molecule has 10 heteroatoms. The third-order valence-corrected chi connectivity index (χ3v) is 8.96. The van der Waals surface area contributed by atoms with Crippen molar-refractivity contribution >= 4 is 50.4 Å². The SMILES string of the molecule is Cc1ccc(S(=O)(=O)Nc2cccc(C(=O)Nc3sc4c(c3C#N)CCN(Cc3ccccc3)C4)c2)cc1.Cl. The first-order valence-corrected chi connectivity index (χ1v) is 14.4. The van der Waals surface area contributed by atoms with E-state index in [1.54, 1.807) is 30.3 Å². The van der Waals surface area contributed by atoms with Crippen molar-refractivity contribution in [2.75, 3.05) is 16.6 Å². The molecule has 1 aliphatic rings. The summed E-state index contributed by atoms with van der Waals surface area (Å²) in [6.45, 7) is 4.26. The van der Waals surface area contributed by atoms with E-state index in [9.17, 15) is 18.5 Å². The van der Waals surface area contributed by atoms with Gasteiger partial charge >= 0.3 is 0 Å². The van der Waals surface area contributed by atoms with Gasteiger partial charge in [0.15, 0.2) is 0 Å². The molecule has 200 valence electrons. The van der Waals surface area contributed by atoms with Gasteiger partial charge in [-0.1, -0.05) is 54.1 Å². The Hall–Kier alpha value is -3.68. The summed E-state index contributed by atoms with van der Waals surface area (Å²) in [7, 11) is -3.80. The summed E-state index contributed by atoms with van der Waals surface area (Å²) in [5.41, 5.74) is 4.26. The molecule has 2 N–H and O–H groups in total. The number of rotatable bonds is 7. The lowest BCUT2D eigenvalue weighted by Gasteiger charge is -2.26. The molecule has 0 saturated carbocycles. The molecule has 0 aliphatic carbocycles. The van der Waals surface area contributed by atoms with E-state index in [1.165, 1.54) is 35.1 Å². The number of fused-ring (bicyclic) bond motifs is 1. The molecule has 3 aromatic carbocycles. The van der Waals surface area contributed by atoms with Crippen LogP contribution < -0.4 is 10.0 Å². The zero-order chi connectivity index (χ0) is 26.7. The molecule has 0 atom stereocenters. The molecule has 0 fully saturated rings. The highest BCUT2D eigenvalue weighted by Crippen LogP contribution is 2.37. The molecule has 1 aromatic heterocycles. The van der Waals surface area contributed by atoms with Crippen LogP contribution in [-0.4, -0.2) is 25.8 Å². The van der Waals surface area contributed by atoms with Gasteiger partial charge in [-0.05, 0) is 54.8 Å². The lowest BCUT2D eigenvalue weighted by Crippen LogP contribution is -2.29. The average molecular weight is 579 g/mol. The van der Waals surface area contributed by atoms with Crippen LogP contribution >= 0.6 is 23.7 Å². The van der Waals surface area contributed by atoms with Crippen LogP contribution in [0, 0.1) is 18.3 Å². The number of amides is 1. The Balaban J connectivity index is 0.00000353. The fourth-order valence-electron chi connectivity index (χ4n) is 4.47. The Morgan fingerprint density at radius 3 is 2.51 bits per heavy atom. The van der Waals surface area contributed by atoms with Gasteiger partial charge in [0.1, 0.15) is 11.1 Å². The summed E-state index contributed by atoms with van der Waals surface area (Å²) in [6.07, 6.45) is 0.744. The van der Waals surface area contributed by atoms with E-state index in [0.29, 0.717) is 10.6 Å². The molecule has 0 spiro atoms. The zero-order valence-electron chi connectivity index (χ0n) is 21.2. The number of nitriles is 1. The van der Waals surface area contributed by atoms with Gasteiger partial charge in [-0.15, -0.1) is 23.7 Å². The molecule has 0 saturated heterocycles. The van der Waals surface area contributed by atoms with Gasteiger partial charge in [0, 0.05) is 35.8 Å². The van der Waals surface area contributed by atoms with Crippen molar-refractivity contribution in [1.82, 2.24) is 4.90 Å². The lowest BCUT2D eigenvalue weighted by molar-refractivity contribution is 0.102. The Bertz CT molecular complexity index is 1630. The number of hydrogen-bond acceptors (Lipinski definition) is 6. The third kappa shape index (κ3) is 6.49. The normalized spacial score (nSPS) is 13.0. The van der Waals surface area contributed by atoms with Crippen LogP contribution in [0.4, 0.5) is 10.7 Å². The Morgan fingerprint density at radius 2 is 1.79 bits per heavy atom. The number of carbonyl (C=O) groups is 1. The van der Waals surface area contributed by atoms with Crippen molar-refractivity contribution in [3.8, 4) is 6.07 Å². The first kappa shape index (κ1) is 28.3. The van der Waals surface area contributed by atoms with Crippen molar-refractivity contribution in [3.63, 3.8) is 0 Å². The summed E-state index contributed by atoms with van der Waals surface area (Å²) < 4.78 is 28.1. The smallest absolute Gasteiger partial charge is 0.261 e. The van der Waals surface area contributed by atoms with Crippen LogP contribution in [0.15, 0.2) is 83.8 Å². The second-order valence-electron chi connectivity index (χ2n) is 9.22. The molecule has 0 radical (unpaired) electrons. The minimum atomic E-state index is -3.80. The molecule has 4 aromatic rings. The number of thiophene rings is 1. The first-order chi connectivity index (χ1) is 18.3. The number of nitrogens with zero attached hydrogens (tertiary/aromatic N) is 2. The minimum Gasteiger partial charge on any atom is -0.312 e. The van der Waals surface area contributed by atoms with Crippen molar-refractivity contribution in [1.29, 1.82) is 5.26 Å². The fraction of sp³-hybridized carbons (Fsp3) is 0.172. The van der Waals surface area contributed by atoms with E-state index in [2.05, 4.69) is 33.1 Å². The molecule has 0 unspecified atom stereocenters. The van der Waals surface area contributed by atoms with Gasteiger partial charge in [-0.2, -0.15) is 5.26 Å². The van der Waals surface area contributed by atoms with Crippen LogP contribution in [-0.2, 0) is 29.5 Å². The number of anilines is 2. The molecular formula is C29H27ClN4O3S2. The number of carbonyl (C=O) groups excluding carboxylic acids is 1. The van der Waals surface area contributed by atoms with Crippen LogP contribution in [0.2, 0.25) is 0 Å². The van der Waals surface area contributed by atoms with Crippen molar-refractivity contribution in [2.45, 2.75) is 31.3 Å². The van der Waals surface area contributed by atoms with Crippen molar-refractivity contribution in [3.05, 3.63) is 112 Å². The average Bonchev–Trinajstić information content (AvgIpc) is 3.25. The molecular weight excluding hydrogens is 552 g/mol. The molecule has 39 heavy (non-hydrogen) atoms. The van der Waals surface area contributed by atoms with Crippen molar-refractivity contribution < 1.29 is 13.2 Å². The van der Waals surface area contributed by atoms with E-state index in [1.807, 2.05) is 25.1 Å². The van der Waals surface area contributed by atoms with E-state index in [0.717, 1.165) is 42.1 Å². The highest BCUT2D eigenvalue weighted by molar-refractivity contribution is 7.92. The van der Waals surface area contributed by atoms with Gasteiger partial charge in [-0.25, -0.2) is 8.42 Å². The fourth-order valence-corrected chi connectivity index (χ4v) is 6.76. The summed E-state index contributed by atoms with van der Waals surface area (Å²) in [6, 6.07) is 25.4. The predicted octanol–water partition coefficient (Wildman–Crippen LogP) is 5.96. The Labute approximate surface area is 238 Å². The zero-order valence-corrected chi connectivity index (χ0v) is 23.6. The molecule has 2 heterocycles.